The van der Waals surface area contributed by atoms with Gasteiger partial charge in [-0.3, -0.25) is 4.79 Å². The van der Waals surface area contributed by atoms with Crippen molar-refractivity contribution < 1.29 is 13.2 Å². The Balaban J connectivity index is 1.83. The normalized spacial score (nSPS) is 28.2. The highest BCUT2D eigenvalue weighted by atomic mass is 32.2. The van der Waals surface area contributed by atoms with Crippen LogP contribution in [0.15, 0.2) is 47.4 Å². The third-order valence-corrected chi connectivity index (χ3v) is 6.96. The minimum absolute atomic E-state index is 0.0190. The van der Waals surface area contributed by atoms with Crippen LogP contribution < -0.4 is 0 Å². The van der Waals surface area contributed by atoms with E-state index in [1.807, 2.05) is 17.9 Å². The zero-order valence-corrected chi connectivity index (χ0v) is 13.5. The van der Waals surface area contributed by atoms with E-state index in [0.717, 1.165) is 12.8 Å². The summed E-state index contributed by atoms with van der Waals surface area (Å²) in [6.07, 6.45) is 6.25. The zero-order chi connectivity index (χ0) is 15.7. The summed E-state index contributed by atoms with van der Waals surface area (Å²) in [5, 5.41) is -0.373. The summed E-state index contributed by atoms with van der Waals surface area (Å²) in [7, 11) is -3.31. The molecule has 2 saturated heterocycles. The number of piperidine rings is 1. The molecule has 2 aliphatic heterocycles. The zero-order valence-electron chi connectivity index (χ0n) is 12.7. The van der Waals surface area contributed by atoms with E-state index in [1.54, 1.807) is 36.4 Å². The fraction of sp³-hybridized carbons (Fsp3) is 0.471. The summed E-state index contributed by atoms with van der Waals surface area (Å²) in [6, 6.07) is 8.78. The van der Waals surface area contributed by atoms with E-state index >= 15 is 0 Å². The van der Waals surface area contributed by atoms with Gasteiger partial charge in [0.25, 0.3) is 0 Å². The highest BCUT2D eigenvalue weighted by molar-refractivity contribution is 7.92. The number of allylic oxidation sites excluding steroid dienone is 1. The fourth-order valence-corrected chi connectivity index (χ4v) is 5.64. The summed E-state index contributed by atoms with van der Waals surface area (Å²) in [5.41, 5.74) is 0. The van der Waals surface area contributed by atoms with Crippen LogP contribution >= 0.6 is 0 Å². The van der Waals surface area contributed by atoms with E-state index in [2.05, 4.69) is 0 Å². The van der Waals surface area contributed by atoms with Crippen LogP contribution in [0.3, 0.4) is 0 Å². The molecule has 22 heavy (non-hydrogen) atoms. The Bertz CT molecular complexity index is 667. The lowest BCUT2D eigenvalue weighted by molar-refractivity contribution is -0.130. The van der Waals surface area contributed by atoms with Gasteiger partial charge in [0.1, 0.15) is 0 Å². The molecular formula is C17H21NO3S. The minimum atomic E-state index is -3.31. The van der Waals surface area contributed by atoms with Gasteiger partial charge in [0.15, 0.2) is 9.84 Å². The number of fused-ring (bicyclic) bond motifs is 2. The standard InChI is InChI=1S/C17H21NO3S/c1-2-6-17(19)18-13-9-10-14(18)12-16(11-13)22(20,21)15-7-4-3-5-8-15/h2-8,13-14,16H,9-12H2,1H3/b6-2+. The molecule has 2 atom stereocenters. The average molecular weight is 319 g/mol. The molecule has 0 aromatic heterocycles. The van der Waals surface area contributed by atoms with E-state index in [4.69, 9.17) is 0 Å². The van der Waals surface area contributed by atoms with Crippen LogP contribution in [-0.2, 0) is 14.6 Å². The molecule has 0 saturated carbocycles. The van der Waals surface area contributed by atoms with Gasteiger partial charge in [0, 0.05) is 12.1 Å². The van der Waals surface area contributed by atoms with E-state index in [1.165, 1.54) is 0 Å². The van der Waals surface area contributed by atoms with Crippen molar-refractivity contribution in [1.29, 1.82) is 0 Å². The predicted octanol–water partition coefficient (Wildman–Crippen LogP) is 2.56. The largest absolute Gasteiger partial charge is 0.333 e. The molecule has 0 radical (unpaired) electrons. The number of amides is 1. The lowest BCUT2D eigenvalue weighted by Gasteiger charge is -2.38. The van der Waals surface area contributed by atoms with Gasteiger partial charge in [-0.1, -0.05) is 24.3 Å². The Morgan fingerprint density at radius 3 is 2.27 bits per heavy atom. The van der Waals surface area contributed by atoms with Crippen molar-refractivity contribution in [3.63, 3.8) is 0 Å². The van der Waals surface area contributed by atoms with E-state index in [0.29, 0.717) is 17.7 Å². The molecule has 118 valence electrons. The van der Waals surface area contributed by atoms with Crippen molar-refractivity contribution in [1.82, 2.24) is 4.90 Å². The number of rotatable bonds is 3. The van der Waals surface area contributed by atoms with Crippen LogP contribution in [0, 0.1) is 0 Å². The second kappa shape index (κ2) is 5.88. The lowest BCUT2D eigenvalue weighted by Crippen LogP contribution is -2.49. The molecule has 1 aromatic carbocycles. The van der Waals surface area contributed by atoms with Gasteiger partial charge in [-0.25, -0.2) is 8.42 Å². The van der Waals surface area contributed by atoms with Gasteiger partial charge in [0.05, 0.1) is 10.1 Å². The predicted molar refractivity (Wildman–Crippen MR) is 85.1 cm³/mol. The number of carbonyl (C=O) groups is 1. The maximum Gasteiger partial charge on any atom is 0.246 e. The number of sulfone groups is 1. The molecule has 3 rings (SSSR count). The summed E-state index contributed by atoms with van der Waals surface area (Å²) < 4.78 is 25.6. The maximum absolute atomic E-state index is 12.8. The van der Waals surface area contributed by atoms with Gasteiger partial charge in [-0.15, -0.1) is 0 Å². The smallest absolute Gasteiger partial charge is 0.246 e. The van der Waals surface area contributed by atoms with Crippen LogP contribution in [0.25, 0.3) is 0 Å². The highest BCUT2D eigenvalue weighted by Crippen LogP contribution is 2.39. The summed E-state index contributed by atoms with van der Waals surface area (Å²) >= 11 is 0. The van der Waals surface area contributed by atoms with E-state index in [-0.39, 0.29) is 23.2 Å². The van der Waals surface area contributed by atoms with Crippen LogP contribution in [0.4, 0.5) is 0 Å². The van der Waals surface area contributed by atoms with Gasteiger partial charge >= 0.3 is 0 Å². The van der Waals surface area contributed by atoms with Gasteiger partial charge in [-0.05, 0) is 50.8 Å². The summed E-state index contributed by atoms with van der Waals surface area (Å²) in [6.45, 7) is 1.83. The Morgan fingerprint density at radius 1 is 1.14 bits per heavy atom. The molecule has 0 N–H and O–H groups in total. The van der Waals surface area contributed by atoms with Crippen molar-refractivity contribution in [2.24, 2.45) is 0 Å². The molecule has 2 aliphatic rings. The molecule has 1 amide bonds. The first kappa shape index (κ1) is 15.3. The monoisotopic (exact) mass is 319 g/mol. The number of carbonyl (C=O) groups excluding carboxylic acids is 1. The highest BCUT2D eigenvalue weighted by Gasteiger charge is 2.46. The van der Waals surface area contributed by atoms with E-state index in [9.17, 15) is 13.2 Å². The number of hydrogen-bond acceptors (Lipinski definition) is 3. The molecule has 5 heteroatoms. The fourth-order valence-electron chi connectivity index (χ4n) is 3.77. The van der Waals surface area contributed by atoms with Crippen molar-refractivity contribution in [3.8, 4) is 0 Å². The Labute approximate surface area is 131 Å². The third-order valence-electron chi connectivity index (χ3n) is 4.76. The van der Waals surface area contributed by atoms with Crippen molar-refractivity contribution >= 4 is 15.7 Å². The molecule has 2 fully saturated rings. The average Bonchev–Trinajstić information content (AvgIpc) is 2.78. The molecule has 4 nitrogen and oxygen atoms in total. The Morgan fingerprint density at radius 2 is 1.73 bits per heavy atom. The van der Waals surface area contributed by atoms with Crippen molar-refractivity contribution in [2.45, 2.75) is 54.8 Å². The second-order valence-corrected chi connectivity index (χ2v) is 8.31. The first-order chi connectivity index (χ1) is 10.5. The Hall–Kier alpha value is -1.62. The minimum Gasteiger partial charge on any atom is -0.333 e. The quantitative estimate of drug-likeness (QED) is 0.805. The van der Waals surface area contributed by atoms with Crippen LogP contribution in [0.1, 0.15) is 32.6 Å². The second-order valence-electron chi connectivity index (χ2n) is 6.08. The molecule has 2 bridgehead atoms. The summed E-state index contributed by atoms with van der Waals surface area (Å²) in [5.74, 6) is 0.0190. The maximum atomic E-state index is 12.8. The Kier molecular flexibility index (Phi) is 4.08. The van der Waals surface area contributed by atoms with Gasteiger partial charge in [0.2, 0.25) is 5.91 Å². The topological polar surface area (TPSA) is 54.5 Å². The van der Waals surface area contributed by atoms with Crippen molar-refractivity contribution in [3.05, 3.63) is 42.5 Å². The van der Waals surface area contributed by atoms with Crippen LogP contribution in [-0.4, -0.2) is 36.6 Å². The molecule has 2 heterocycles. The number of nitrogens with zero attached hydrogens (tertiary/aromatic N) is 1. The van der Waals surface area contributed by atoms with Crippen LogP contribution in [0.5, 0.6) is 0 Å². The van der Waals surface area contributed by atoms with Crippen LogP contribution in [0.2, 0.25) is 0 Å². The van der Waals surface area contributed by atoms with E-state index < -0.39 is 9.84 Å². The first-order valence-electron chi connectivity index (χ1n) is 7.78. The van der Waals surface area contributed by atoms with Gasteiger partial charge in [-0.2, -0.15) is 0 Å². The van der Waals surface area contributed by atoms with Crippen molar-refractivity contribution in [2.75, 3.05) is 0 Å². The summed E-state index contributed by atoms with van der Waals surface area (Å²) in [4.78, 5) is 14.5. The number of hydrogen-bond donors (Lipinski definition) is 0. The molecule has 0 aliphatic carbocycles. The first-order valence-corrected chi connectivity index (χ1v) is 9.32. The molecule has 0 spiro atoms. The molecule has 2 unspecified atom stereocenters. The SMILES string of the molecule is C/C=C/C(=O)N1C2CCC1CC(S(=O)(=O)c1ccccc1)C2. The molecular weight excluding hydrogens is 298 g/mol. The molecule has 1 aromatic rings. The lowest BCUT2D eigenvalue weighted by atomic mass is 10.0. The third kappa shape index (κ3) is 2.58. The van der Waals surface area contributed by atoms with Gasteiger partial charge < -0.3 is 4.90 Å². The number of benzene rings is 1.